The molecule has 120 valence electrons. The molecule has 1 aromatic carbocycles. The molecule has 0 bridgehead atoms. The second-order valence-corrected chi connectivity index (χ2v) is 5.27. The molecule has 1 fully saturated rings. The summed E-state index contributed by atoms with van der Waals surface area (Å²) >= 11 is 0. The maximum absolute atomic E-state index is 12.3. The van der Waals surface area contributed by atoms with Gasteiger partial charge < -0.3 is 10.2 Å². The zero-order valence-corrected chi connectivity index (χ0v) is 11.9. The third kappa shape index (κ3) is 4.75. The van der Waals surface area contributed by atoms with Crippen molar-refractivity contribution in [2.75, 3.05) is 13.1 Å². The number of carbonyl (C=O) groups is 2. The van der Waals surface area contributed by atoms with E-state index in [1.165, 1.54) is 0 Å². The molecular weight excluding hydrogens is 297 g/mol. The molecular formula is C15H17F3N2O2. The van der Waals surface area contributed by atoms with Crippen molar-refractivity contribution in [1.82, 2.24) is 10.2 Å². The second-order valence-electron chi connectivity index (χ2n) is 5.27. The predicted octanol–water partition coefficient (Wildman–Crippen LogP) is 1.90. The molecule has 4 nitrogen and oxygen atoms in total. The maximum Gasteiger partial charge on any atom is 0.406 e. The fraction of sp³-hybridized carbons (Fsp3) is 0.467. The number of rotatable bonds is 5. The number of halogens is 3. The summed E-state index contributed by atoms with van der Waals surface area (Å²) in [6.45, 7) is -1.25. The first-order valence-electron chi connectivity index (χ1n) is 7.04. The number of hydrogen-bond donors (Lipinski definition) is 1. The van der Waals surface area contributed by atoms with Crippen molar-refractivity contribution in [3.63, 3.8) is 0 Å². The van der Waals surface area contributed by atoms with Gasteiger partial charge in [-0.2, -0.15) is 13.2 Å². The van der Waals surface area contributed by atoms with Crippen LogP contribution in [0.5, 0.6) is 0 Å². The van der Waals surface area contributed by atoms with Crippen LogP contribution in [0.15, 0.2) is 30.3 Å². The molecule has 1 N–H and O–H groups in total. The highest BCUT2D eigenvalue weighted by molar-refractivity contribution is 5.89. The van der Waals surface area contributed by atoms with Crippen LogP contribution >= 0.6 is 0 Å². The first-order valence-corrected chi connectivity index (χ1v) is 7.04. The van der Waals surface area contributed by atoms with Crippen molar-refractivity contribution in [2.24, 2.45) is 0 Å². The van der Waals surface area contributed by atoms with Crippen molar-refractivity contribution in [3.05, 3.63) is 35.9 Å². The molecule has 1 aromatic rings. The van der Waals surface area contributed by atoms with Gasteiger partial charge in [-0.25, -0.2) is 0 Å². The van der Waals surface area contributed by atoms with E-state index in [4.69, 9.17) is 0 Å². The average Bonchev–Trinajstić information content (AvgIpc) is 2.77. The van der Waals surface area contributed by atoms with E-state index < -0.39 is 24.7 Å². The topological polar surface area (TPSA) is 49.4 Å². The van der Waals surface area contributed by atoms with Crippen molar-refractivity contribution >= 4 is 11.8 Å². The molecule has 1 unspecified atom stereocenters. The summed E-state index contributed by atoms with van der Waals surface area (Å²) < 4.78 is 36.9. The molecule has 0 spiro atoms. The van der Waals surface area contributed by atoms with Crippen molar-refractivity contribution in [2.45, 2.75) is 31.5 Å². The van der Waals surface area contributed by atoms with E-state index in [0.29, 0.717) is 6.42 Å². The first kappa shape index (κ1) is 16.3. The Hall–Kier alpha value is -2.05. The second kappa shape index (κ2) is 6.81. The Morgan fingerprint density at radius 1 is 1.27 bits per heavy atom. The van der Waals surface area contributed by atoms with Crippen LogP contribution in [0, 0.1) is 0 Å². The van der Waals surface area contributed by atoms with Gasteiger partial charge in [0.1, 0.15) is 12.6 Å². The van der Waals surface area contributed by atoms with E-state index in [0.717, 1.165) is 10.5 Å². The summed E-state index contributed by atoms with van der Waals surface area (Å²) in [7, 11) is 0. The lowest BCUT2D eigenvalue weighted by molar-refractivity contribution is -0.158. The molecule has 1 aliphatic heterocycles. The van der Waals surface area contributed by atoms with E-state index in [1.807, 2.05) is 30.3 Å². The molecule has 0 aromatic heterocycles. The predicted molar refractivity (Wildman–Crippen MR) is 73.9 cm³/mol. The highest BCUT2D eigenvalue weighted by atomic mass is 19.4. The van der Waals surface area contributed by atoms with Crippen LogP contribution in [0.1, 0.15) is 18.4 Å². The molecule has 2 rings (SSSR count). The summed E-state index contributed by atoms with van der Waals surface area (Å²) in [5.74, 6) is -0.985. The van der Waals surface area contributed by atoms with Crippen LogP contribution in [-0.4, -0.2) is 42.0 Å². The first-order chi connectivity index (χ1) is 10.3. The quantitative estimate of drug-likeness (QED) is 0.902. The Morgan fingerprint density at radius 3 is 2.59 bits per heavy atom. The number of amides is 2. The lowest BCUT2D eigenvalue weighted by Crippen LogP contribution is -2.43. The van der Waals surface area contributed by atoms with E-state index in [2.05, 4.69) is 5.32 Å². The lowest BCUT2D eigenvalue weighted by atomic mass is 10.1. The van der Waals surface area contributed by atoms with Gasteiger partial charge in [-0.15, -0.1) is 0 Å². The maximum atomic E-state index is 12.3. The number of carbonyl (C=O) groups excluding carboxylic acids is 2. The number of aryl methyl sites for hydroxylation is 1. The zero-order valence-electron chi connectivity index (χ0n) is 11.9. The standard InChI is InChI=1S/C15H17F3N2O2/c16-15(17,18)10-20-9-8-12(14(20)22)19-13(21)7-6-11-4-2-1-3-5-11/h1-5,12H,6-10H2,(H,19,21). The number of nitrogens with one attached hydrogen (secondary N) is 1. The lowest BCUT2D eigenvalue weighted by Gasteiger charge is -2.18. The van der Waals surface area contributed by atoms with Gasteiger partial charge in [0.15, 0.2) is 0 Å². The molecule has 0 saturated carbocycles. The largest absolute Gasteiger partial charge is 0.406 e. The fourth-order valence-electron chi connectivity index (χ4n) is 2.42. The minimum Gasteiger partial charge on any atom is -0.344 e. The van der Waals surface area contributed by atoms with Crippen LogP contribution in [-0.2, 0) is 16.0 Å². The van der Waals surface area contributed by atoms with Gasteiger partial charge in [0.2, 0.25) is 11.8 Å². The van der Waals surface area contributed by atoms with Crippen LogP contribution in [0.2, 0.25) is 0 Å². The highest BCUT2D eigenvalue weighted by Crippen LogP contribution is 2.21. The van der Waals surface area contributed by atoms with Gasteiger partial charge in [-0.05, 0) is 18.4 Å². The third-order valence-electron chi connectivity index (χ3n) is 3.49. The summed E-state index contributed by atoms with van der Waals surface area (Å²) in [5.41, 5.74) is 0.995. The van der Waals surface area contributed by atoms with Gasteiger partial charge in [0.05, 0.1) is 0 Å². The molecule has 1 saturated heterocycles. The van der Waals surface area contributed by atoms with E-state index in [9.17, 15) is 22.8 Å². The van der Waals surface area contributed by atoms with Crippen molar-refractivity contribution < 1.29 is 22.8 Å². The Morgan fingerprint density at radius 2 is 1.95 bits per heavy atom. The molecule has 1 heterocycles. The zero-order chi connectivity index (χ0) is 16.2. The Labute approximate surface area is 126 Å². The van der Waals surface area contributed by atoms with Gasteiger partial charge in [-0.3, -0.25) is 9.59 Å². The Kier molecular flexibility index (Phi) is 5.05. The summed E-state index contributed by atoms with van der Waals surface area (Å²) in [6.07, 6.45) is -3.47. The van der Waals surface area contributed by atoms with Gasteiger partial charge in [0.25, 0.3) is 0 Å². The minimum atomic E-state index is -4.41. The summed E-state index contributed by atoms with van der Waals surface area (Å²) in [6, 6.07) is 8.53. The summed E-state index contributed by atoms with van der Waals surface area (Å²) in [5, 5.41) is 2.52. The minimum absolute atomic E-state index is 0.0158. The highest BCUT2D eigenvalue weighted by Gasteiger charge is 2.39. The van der Waals surface area contributed by atoms with E-state index in [-0.39, 0.29) is 25.3 Å². The fourth-order valence-corrected chi connectivity index (χ4v) is 2.42. The number of alkyl halides is 3. The molecule has 22 heavy (non-hydrogen) atoms. The smallest absolute Gasteiger partial charge is 0.344 e. The number of benzene rings is 1. The number of hydrogen-bond acceptors (Lipinski definition) is 2. The summed E-state index contributed by atoms with van der Waals surface area (Å²) in [4.78, 5) is 24.3. The Bertz CT molecular complexity index is 531. The molecule has 7 heteroatoms. The normalized spacial score (nSPS) is 18.6. The molecule has 0 aliphatic carbocycles. The van der Waals surface area contributed by atoms with Gasteiger partial charge in [0, 0.05) is 13.0 Å². The third-order valence-corrected chi connectivity index (χ3v) is 3.49. The van der Waals surface area contributed by atoms with Crippen molar-refractivity contribution in [1.29, 1.82) is 0 Å². The van der Waals surface area contributed by atoms with Crippen LogP contribution in [0.3, 0.4) is 0 Å². The van der Waals surface area contributed by atoms with E-state index >= 15 is 0 Å². The monoisotopic (exact) mass is 314 g/mol. The number of nitrogens with zero attached hydrogens (tertiary/aromatic N) is 1. The van der Waals surface area contributed by atoms with E-state index in [1.54, 1.807) is 0 Å². The number of likely N-dealkylation sites (tertiary alicyclic amines) is 1. The average molecular weight is 314 g/mol. The molecule has 2 amide bonds. The van der Waals surface area contributed by atoms with Gasteiger partial charge in [-0.1, -0.05) is 30.3 Å². The molecule has 1 aliphatic rings. The molecule has 0 radical (unpaired) electrons. The molecule has 1 atom stereocenters. The van der Waals surface area contributed by atoms with Crippen LogP contribution < -0.4 is 5.32 Å². The Balaban J connectivity index is 1.79. The van der Waals surface area contributed by atoms with Gasteiger partial charge >= 0.3 is 6.18 Å². The van der Waals surface area contributed by atoms with Crippen LogP contribution in [0.25, 0.3) is 0 Å². The van der Waals surface area contributed by atoms with Crippen LogP contribution in [0.4, 0.5) is 13.2 Å². The SMILES string of the molecule is O=C(CCc1ccccc1)NC1CCN(CC(F)(F)F)C1=O. The van der Waals surface area contributed by atoms with Crippen molar-refractivity contribution in [3.8, 4) is 0 Å².